The second kappa shape index (κ2) is 8.75. The summed E-state index contributed by atoms with van der Waals surface area (Å²) in [5.41, 5.74) is 7.89. The highest BCUT2D eigenvalue weighted by Gasteiger charge is 2.33. The normalized spacial score (nSPS) is 20.2. The molecule has 2 atom stereocenters. The van der Waals surface area contributed by atoms with Gasteiger partial charge in [0.25, 0.3) is 0 Å². The summed E-state index contributed by atoms with van der Waals surface area (Å²) in [5.74, 6) is 0.484. The maximum atomic E-state index is 12.1. The van der Waals surface area contributed by atoms with Gasteiger partial charge in [0, 0.05) is 52.2 Å². The number of nitrogens with zero attached hydrogens (tertiary/aromatic N) is 4. The highest BCUT2D eigenvalue weighted by Crippen LogP contribution is 2.30. The number of halogens is 1. The predicted molar refractivity (Wildman–Crippen MR) is 131 cm³/mol. The van der Waals surface area contributed by atoms with Crippen LogP contribution in [-0.4, -0.2) is 51.2 Å². The molecule has 5 rings (SSSR count). The van der Waals surface area contributed by atoms with Crippen LogP contribution in [0.1, 0.15) is 17.4 Å². The van der Waals surface area contributed by atoms with Crippen molar-refractivity contribution >= 4 is 56.0 Å². The molecule has 2 aromatic carbocycles. The zero-order valence-corrected chi connectivity index (χ0v) is 19.3. The number of hydrogen-bond donors (Lipinski definition) is 1. The molecule has 0 spiro atoms. The molecule has 0 bridgehead atoms. The molecule has 2 N–H and O–H groups in total. The summed E-state index contributed by atoms with van der Waals surface area (Å²) in [6.07, 6.45) is 2.57. The van der Waals surface area contributed by atoms with Crippen LogP contribution in [0.25, 0.3) is 21.0 Å². The van der Waals surface area contributed by atoms with Gasteiger partial charge in [-0.3, -0.25) is 9.80 Å². The lowest BCUT2D eigenvalue weighted by molar-refractivity contribution is -0.117. The Morgan fingerprint density at radius 2 is 1.97 bits per heavy atom. The number of rotatable bonds is 5. The third-order valence-electron chi connectivity index (χ3n) is 6.32. The lowest BCUT2D eigenvalue weighted by Crippen LogP contribution is -2.58. The molecule has 0 saturated carbocycles. The predicted octanol–water partition coefficient (Wildman–Crippen LogP) is 4.35. The van der Waals surface area contributed by atoms with Crippen molar-refractivity contribution in [3.8, 4) is 0 Å². The topological polar surface area (TPSA) is 75.3 Å². The second-order valence-electron chi connectivity index (χ2n) is 8.31. The molecular weight excluding hydrogens is 442 g/mol. The fourth-order valence-corrected chi connectivity index (χ4v) is 5.90. The molecule has 3 heterocycles. The lowest BCUT2D eigenvalue weighted by Gasteiger charge is -2.44. The number of thiophene rings is 1. The minimum atomic E-state index is -0.168. The number of carbonyl (C=O) groups is 1. The molecule has 1 aliphatic rings. The summed E-state index contributed by atoms with van der Waals surface area (Å²) in [6.45, 7) is 5.41. The van der Waals surface area contributed by atoms with E-state index in [4.69, 9.17) is 17.3 Å². The Morgan fingerprint density at radius 1 is 1.12 bits per heavy atom. The van der Waals surface area contributed by atoms with Crippen molar-refractivity contribution in [1.82, 2.24) is 19.8 Å². The average molecular weight is 466 g/mol. The van der Waals surface area contributed by atoms with E-state index >= 15 is 0 Å². The van der Waals surface area contributed by atoms with Gasteiger partial charge in [-0.25, -0.2) is 9.97 Å². The number of piperazine rings is 1. The summed E-state index contributed by atoms with van der Waals surface area (Å²) in [5, 5.41) is 2.83. The van der Waals surface area contributed by atoms with E-state index in [1.165, 1.54) is 21.3 Å². The highest BCUT2D eigenvalue weighted by atomic mass is 35.5. The Kier molecular flexibility index (Phi) is 5.82. The number of fused-ring (bicyclic) bond motifs is 2. The number of benzene rings is 2. The van der Waals surface area contributed by atoms with E-state index in [0.717, 1.165) is 47.4 Å². The van der Waals surface area contributed by atoms with Crippen molar-refractivity contribution in [1.29, 1.82) is 0 Å². The van der Waals surface area contributed by atoms with Gasteiger partial charge in [-0.1, -0.05) is 23.7 Å². The molecule has 32 heavy (non-hydrogen) atoms. The molecule has 0 amide bonds. The van der Waals surface area contributed by atoms with Crippen LogP contribution in [0.2, 0.25) is 5.02 Å². The minimum absolute atomic E-state index is 0.119. The Hall–Kier alpha value is -2.58. The van der Waals surface area contributed by atoms with E-state index in [9.17, 15) is 4.79 Å². The molecule has 6 nitrogen and oxygen atoms in total. The van der Waals surface area contributed by atoms with E-state index in [1.54, 1.807) is 11.3 Å². The highest BCUT2D eigenvalue weighted by molar-refractivity contribution is 7.19. The van der Waals surface area contributed by atoms with Crippen LogP contribution in [0.4, 0.5) is 5.82 Å². The Bertz CT molecular complexity index is 1290. The number of aldehydes is 1. The largest absolute Gasteiger partial charge is 0.383 e. The smallest absolute Gasteiger partial charge is 0.138 e. The second-order valence-corrected chi connectivity index (χ2v) is 9.92. The van der Waals surface area contributed by atoms with Crippen molar-refractivity contribution in [2.75, 3.05) is 18.8 Å². The van der Waals surface area contributed by atoms with Crippen LogP contribution >= 0.6 is 22.9 Å². The van der Waals surface area contributed by atoms with E-state index in [-0.39, 0.29) is 12.1 Å². The summed E-state index contributed by atoms with van der Waals surface area (Å²) < 4.78 is 1.20. The van der Waals surface area contributed by atoms with Gasteiger partial charge in [-0.2, -0.15) is 0 Å². The Labute approximate surface area is 195 Å². The van der Waals surface area contributed by atoms with Gasteiger partial charge in [0.15, 0.2) is 0 Å². The number of carbonyl (C=O) groups excluding carboxylic acids is 1. The van der Waals surface area contributed by atoms with E-state index in [0.29, 0.717) is 12.4 Å². The van der Waals surface area contributed by atoms with Gasteiger partial charge in [0.05, 0.1) is 11.6 Å². The van der Waals surface area contributed by atoms with E-state index < -0.39 is 0 Å². The number of hydrogen-bond acceptors (Lipinski definition) is 7. The molecule has 2 aromatic heterocycles. The molecule has 8 heteroatoms. The van der Waals surface area contributed by atoms with Crippen molar-refractivity contribution in [2.45, 2.75) is 32.1 Å². The first-order valence-electron chi connectivity index (χ1n) is 10.6. The van der Waals surface area contributed by atoms with Gasteiger partial charge >= 0.3 is 0 Å². The van der Waals surface area contributed by atoms with Crippen LogP contribution in [0, 0.1) is 0 Å². The average Bonchev–Trinajstić information content (AvgIpc) is 3.17. The van der Waals surface area contributed by atoms with E-state index in [1.807, 2.05) is 30.3 Å². The number of nitrogen functional groups attached to an aromatic ring is 1. The molecular formula is C24H24ClN5OS. The molecule has 1 saturated heterocycles. The lowest BCUT2D eigenvalue weighted by atomic mass is 10.0. The first-order valence-corrected chi connectivity index (χ1v) is 11.8. The van der Waals surface area contributed by atoms with E-state index in [2.05, 4.69) is 38.8 Å². The molecule has 4 aromatic rings. The zero-order chi connectivity index (χ0) is 22.2. The number of aromatic nitrogens is 2. The first kappa shape index (κ1) is 21.3. The SMILES string of the molecule is C[C@@H]1C(C=O)N(Cc2ccc3c(N)ncnc3c2)CCN1Cc1cc2ccc(Cl)cc2s1. The van der Waals surface area contributed by atoms with Gasteiger partial charge in [-0.05, 0) is 48.2 Å². The molecule has 1 unspecified atom stereocenters. The van der Waals surface area contributed by atoms with Crippen LogP contribution in [0.5, 0.6) is 0 Å². The Balaban J connectivity index is 1.31. The third kappa shape index (κ3) is 4.09. The van der Waals surface area contributed by atoms with Gasteiger partial charge < -0.3 is 10.5 Å². The Morgan fingerprint density at radius 3 is 2.81 bits per heavy atom. The first-order chi connectivity index (χ1) is 15.5. The molecule has 164 valence electrons. The van der Waals surface area contributed by atoms with Crippen LogP contribution < -0.4 is 5.73 Å². The third-order valence-corrected chi connectivity index (χ3v) is 7.63. The zero-order valence-electron chi connectivity index (χ0n) is 17.7. The molecule has 1 aliphatic heterocycles. The standard InChI is InChI=1S/C24H24ClN5OS/c1-15-22(13-31)30(11-16-2-5-20-21(8-16)27-14-28-24(20)26)7-6-29(15)12-19-9-17-3-4-18(25)10-23(17)32-19/h2-5,8-10,13-15,22H,6-7,11-12H2,1H3,(H2,26,27,28)/t15-,22?/m1/s1. The monoisotopic (exact) mass is 465 g/mol. The van der Waals surface area contributed by atoms with Crippen LogP contribution in [-0.2, 0) is 17.9 Å². The quantitative estimate of drug-likeness (QED) is 0.441. The summed E-state index contributed by atoms with van der Waals surface area (Å²) in [4.78, 5) is 26.4. The molecule has 0 aliphatic carbocycles. The number of nitrogens with two attached hydrogens (primary N) is 1. The summed E-state index contributed by atoms with van der Waals surface area (Å²) in [6, 6.07) is 14.2. The molecule has 1 fully saturated rings. The van der Waals surface area contributed by atoms with Gasteiger partial charge in [0.2, 0.25) is 0 Å². The fourth-order valence-electron chi connectivity index (χ4n) is 4.53. The molecule has 0 radical (unpaired) electrons. The van der Waals surface area contributed by atoms with Crippen molar-refractivity contribution < 1.29 is 4.79 Å². The van der Waals surface area contributed by atoms with Crippen molar-refractivity contribution in [2.24, 2.45) is 0 Å². The van der Waals surface area contributed by atoms with Crippen molar-refractivity contribution in [3.05, 3.63) is 64.3 Å². The maximum absolute atomic E-state index is 12.1. The van der Waals surface area contributed by atoms with Crippen molar-refractivity contribution in [3.63, 3.8) is 0 Å². The maximum Gasteiger partial charge on any atom is 0.138 e. The fraction of sp³-hybridized carbons (Fsp3) is 0.292. The minimum Gasteiger partial charge on any atom is -0.383 e. The van der Waals surface area contributed by atoms with Gasteiger partial charge in [-0.15, -0.1) is 11.3 Å². The summed E-state index contributed by atoms with van der Waals surface area (Å²) in [7, 11) is 0. The van der Waals surface area contributed by atoms with Gasteiger partial charge in [0.1, 0.15) is 18.4 Å². The van der Waals surface area contributed by atoms with Crippen LogP contribution in [0.15, 0.2) is 48.8 Å². The van der Waals surface area contributed by atoms with Crippen LogP contribution in [0.3, 0.4) is 0 Å². The summed E-state index contributed by atoms with van der Waals surface area (Å²) >= 11 is 7.91. The number of anilines is 1.